The van der Waals surface area contributed by atoms with Crippen molar-refractivity contribution in [3.05, 3.63) is 29.3 Å². The average molecular weight is 340 g/mol. The summed E-state index contributed by atoms with van der Waals surface area (Å²) in [6.07, 6.45) is 0.503. The first-order valence-corrected chi connectivity index (χ1v) is 9.43. The largest absolute Gasteiger partial charge is 0.496 e. The topological polar surface area (TPSA) is 75.7 Å². The van der Waals surface area contributed by atoms with Crippen LogP contribution in [0.2, 0.25) is 0 Å². The zero-order valence-electron chi connectivity index (χ0n) is 13.8. The minimum atomic E-state index is -2.98. The van der Waals surface area contributed by atoms with Gasteiger partial charge in [-0.15, -0.1) is 0 Å². The summed E-state index contributed by atoms with van der Waals surface area (Å²) >= 11 is 0. The fraction of sp³-hybridized carbons (Fsp3) is 0.562. The van der Waals surface area contributed by atoms with Gasteiger partial charge in [0, 0.05) is 18.2 Å². The highest BCUT2D eigenvalue weighted by atomic mass is 32.2. The highest BCUT2D eigenvalue weighted by molar-refractivity contribution is 7.91. The van der Waals surface area contributed by atoms with Gasteiger partial charge in [-0.25, -0.2) is 8.42 Å². The number of amides is 1. The molecular weight excluding hydrogens is 316 g/mol. The fourth-order valence-corrected chi connectivity index (χ4v) is 4.48. The molecule has 0 saturated carbocycles. The number of carbonyl (C=O) groups is 1. The Morgan fingerprint density at radius 3 is 2.78 bits per heavy atom. The second-order valence-corrected chi connectivity index (χ2v) is 8.38. The number of aryl methyl sites for hydroxylation is 1. The average Bonchev–Trinajstić information content (AvgIpc) is 2.77. The molecule has 1 atom stereocenters. The van der Waals surface area contributed by atoms with Crippen LogP contribution >= 0.6 is 0 Å². The van der Waals surface area contributed by atoms with E-state index in [1.165, 1.54) is 0 Å². The molecule has 0 unspecified atom stereocenters. The number of likely N-dealkylation sites (N-methyl/N-ethyl adjacent to an activating group) is 1. The summed E-state index contributed by atoms with van der Waals surface area (Å²) in [6, 6.07) is 5.68. The van der Waals surface area contributed by atoms with E-state index in [0.29, 0.717) is 13.0 Å². The number of sulfone groups is 1. The lowest BCUT2D eigenvalue weighted by Crippen LogP contribution is -2.41. The van der Waals surface area contributed by atoms with Crippen molar-refractivity contribution in [2.45, 2.75) is 25.9 Å². The predicted molar refractivity (Wildman–Crippen MR) is 89.3 cm³/mol. The van der Waals surface area contributed by atoms with Gasteiger partial charge in [-0.3, -0.25) is 9.69 Å². The van der Waals surface area contributed by atoms with Crippen molar-refractivity contribution < 1.29 is 17.9 Å². The summed E-state index contributed by atoms with van der Waals surface area (Å²) in [5, 5.41) is 2.80. The summed E-state index contributed by atoms with van der Waals surface area (Å²) in [6.45, 7) is 2.81. The first-order chi connectivity index (χ1) is 10.8. The lowest BCUT2D eigenvalue weighted by molar-refractivity contribution is -0.122. The van der Waals surface area contributed by atoms with E-state index in [1.54, 1.807) is 7.11 Å². The Morgan fingerprint density at radius 2 is 2.17 bits per heavy atom. The van der Waals surface area contributed by atoms with E-state index in [-0.39, 0.29) is 30.0 Å². The molecule has 1 fully saturated rings. The van der Waals surface area contributed by atoms with Crippen LogP contribution in [-0.4, -0.2) is 57.5 Å². The van der Waals surface area contributed by atoms with E-state index in [9.17, 15) is 13.2 Å². The van der Waals surface area contributed by atoms with E-state index in [4.69, 9.17) is 4.74 Å². The minimum Gasteiger partial charge on any atom is -0.496 e. The first-order valence-electron chi connectivity index (χ1n) is 7.61. The molecule has 1 heterocycles. The van der Waals surface area contributed by atoms with Crippen molar-refractivity contribution in [2.75, 3.05) is 32.2 Å². The molecule has 2 rings (SSSR count). The zero-order valence-corrected chi connectivity index (χ0v) is 14.6. The Kier molecular flexibility index (Phi) is 5.64. The second-order valence-electron chi connectivity index (χ2n) is 6.16. The Morgan fingerprint density at radius 1 is 1.43 bits per heavy atom. The lowest BCUT2D eigenvalue weighted by Gasteiger charge is -2.19. The van der Waals surface area contributed by atoms with Crippen LogP contribution in [0.25, 0.3) is 0 Å². The molecule has 128 valence electrons. The monoisotopic (exact) mass is 340 g/mol. The van der Waals surface area contributed by atoms with Crippen LogP contribution in [0.4, 0.5) is 0 Å². The Hall–Kier alpha value is -1.60. The van der Waals surface area contributed by atoms with Crippen LogP contribution in [0.1, 0.15) is 17.5 Å². The number of rotatable bonds is 6. The van der Waals surface area contributed by atoms with Crippen LogP contribution in [-0.2, 0) is 21.2 Å². The number of carbonyl (C=O) groups excluding carboxylic acids is 1. The SMILES string of the molecule is COc1ccc(C)cc1CN(C)CC(=O)N[C@@H]1CCS(=O)(=O)C1. The van der Waals surface area contributed by atoms with Crippen LogP contribution < -0.4 is 10.1 Å². The molecule has 23 heavy (non-hydrogen) atoms. The third-order valence-corrected chi connectivity index (χ3v) is 5.66. The Bertz CT molecular complexity index is 673. The molecule has 0 radical (unpaired) electrons. The van der Waals surface area contributed by atoms with Crippen molar-refractivity contribution >= 4 is 15.7 Å². The van der Waals surface area contributed by atoms with Crippen LogP contribution in [0.3, 0.4) is 0 Å². The predicted octanol–water partition coefficient (Wildman–Crippen LogP) is 0.739. The van der Waals surface area contributed by atoms with E-state index in [1.807, 2.05) is 37.1 Å². The van der Waals surface area contributed by atoms with E-state index in [0.717, 1.165) is 16.9 Å². The standard InChI is InChI=1S/C16H24N2O4S/c1-12-4-5-15(22-3)13(8-12)9-18(2)10-16(19)17-14-6-7-23(20,21)11-14/h4-5,8,14H,6-7,9-11H2,1-3H3,(H,17,19)/t14-/m1/s1. The van der Waals surface area contributed by atoms with Crippen molar-refractivity contribution in [1.82, 2.24) is 10.2 Å². The molecule has 1 N–H and O–H groups in total. The molecule has 0 spiro atoms. The van der Waals surface area contributed by atoms with Crippen molar-refractivity contribution in [3.63, 3.8) is 0 Å². The number of methoxy groups -OCH3 is 1. The highest BCUT2D eigenvalue weighted by Gasteiger charge is 2.29. The maximum Gasteiger partial charge on any atom is 0.234 e. The zero-order chi connectivity index (χ0) is 17.0. The molecule has 7 heteroatoms. The quantitative estimate of drug-likeness (QED) is 0.827. The van der Waals surface area contributed by atoms with Crippen LogP contribution in [0.15, 0.2) is 18.2 Å². The summed E-state index contributed by atoms with van der Waals surface area (Å²) in [5.41, 5.74) is 2.15. The van der Waals surface area contributed by atoms with E-state index in [2.05, 4.69) is 5.32 Å². The third kappa shape index (κ3) is 5.21. The van der Waals surface area contributed by atoms with Gasteiger partial charge >= 0.3 is 0 Å². The van der Waals surface area contributed by atoms with Crippen molar-refractivity contribution in [3.8, 4) is 5.75 Å². The van der Waals surface area contributed by atoms with E-state index >= 15 is 0 Å². The first kappa shape index (κ1) is 17.7. The van der Waals surface area contributed by atoms with Crippen molar-refractivity contribution in [1.29, 1.82) is 0 Å². The number of nitrogens with zero attached hydrogens (tertiary/aromatic N) is 1. The molecule has 1 amide bonds. The van der Waals surface area contributed by atoms with Gasteiger partial charge < -0.3 is 10.1 Å². The summed E-state index contributed by atoms with van der Waals surface area (Å²) < 4.78 is 28.2. The molecule has 6 nitrogen and oxygen atoms in total. The van der Waals surface area contributed by atoms with Gasteiger partial charge in [0.25, 0.3) is 0 Å². The normalized spacial score (nSPS) is 19.7. The molecular formula is C16H24N2O4S. The van der Waals surface area contributed by atoms with Crippen LogP contribution in [0.5, 0.6) is 5.75 Å². The van der Waals surface area contributed by atoms with Gasteiger partial charge in [0.15, 0.2) is 9.84 Å². The number of benzene rings is 1. The third-order valence-electron chi connectivity index (χ3n) is 3.89. The summed E-state index contributed by atoms with van der Waals surface area (Å²) in [5.74, 6) is 0.855. The van der Waals surface area contributed by atoms with Gasteiger partial charge in [0.2, 0.25) is 5.91 Å². The number of ether oxygens (including phenoxy) is 1. The molecule has 0 aliphatic carbocycles. The number of nitrogens with one attached hydrogen (secondary N) is 1. The van der Waals surface area contributed by atoms with E-state index < -0.39 is 9.84 Å². The van der Waals surface area contributed by atoms with Crippen molar-refractivity contribution in [2.24, 2.45) is 0 Å². The maximum absolute atomic E-state index is 12.1. The maximum atomic E-state index is 12.1. The van der Waals surface area contributed by atoms with Crippen LogP contribution in [0, 0.1) is 6.92 Å². The Balaban J connectivity index is 1.88. The Labute approximate surface area is 137 Å². The second kappa shape index (κ2) is 7.31. The smallest absolute Gasteiger partial charge is 0.234 e. The summed E-state index contributed by atoms with van der Waals surface area (Å²) in [7, 11) is 0.504. The lowest BCUT2D eigenvalue weighted by atomic mass is 10.1. The molecule has 0 bridgehead atoms. The number of hydrogen-bond donors (Lipinski definition) is 1. The highest BCUT2D eigenvalue weighted by Crippen LogP contribution is 2.21. The molecule has 1 aliphatic rings. The van der Waals surface area contributed by atoms with Gasteiger partial charge in [-0.05, 0) is 26.5 Å². The molecule has 1 saturated heterocycles. The summed E-state index contributed by atoms with van der Waals surface area (Å²) in [4.78, 5) is 13.9. The van der Waals surface area contributed by atoms with Gasteiger partial charge in [-0.1, -0.05) is 17.7 Å². The van der Waals surface area contributed by atoms with Gasteiger partial charge in [0.05, 0.1) is 25.2 Å². The molecule has 1 aliphatic heterocycles. The molecule has 1 aromatic carbocycles. The number of hydrogen-bond acceptors (Lipinski definition) is 5. The molecule has 0 aromatic heterocycles. The fourth-order valence-electron chi connectivity index (χ4n) is 2.80. The van der Waals surface area contributed by atoms with Gasteiger partial charge in [0.1, 0.15) is 5.75 Å². The molecule has 1 aromatic rings. The minimum absolute atomic E-state index is 0.0498. The van der Waals surface area contributed by atoms with Gasteiger partial charge in [-0.2, -0.15) is 0 Å².